The SMILES string of the molecule is CCNc1cc(C2CCCN(C(=O)OC(C)(C)C)C2)nc2c(-c3cnn(C)c3)cnn12. The van der Waals surface area contributed by atoms with Crippen LogP contribution in [0.4, 0.5) is 10.6 Å². The fourth-order valence-corrected chi connectivity index (χ4v) is 3.97. The Hall–Kier alpha value is -3.10. The summed E-state index contributed by atoms with van der Waals surface area (Å²) >= 11 is 0. The summed E-state index contributed by atoms with van der Waals surface area (Å²) in [5.41, 5.74) is 3.16. The van der Waals surface area contributed by atoms with E-state index in [9.17, 15) is 4.79 Å². The van der Waals surface area contributed by atoms with E-state index in [0.717, 1.165) is 47.7 Å². The third kappa shape index (κ3) is 4.50. The van der Waals surface area contributed by atoms with E-state index in [0.29, 0.717) is 13.1 Å². The van der Waals surface area contributed by atoms with Gasteiger partial charge in [-0.3, -0.25) is 4.68 Å². The van der Waals surface area contributed by atoms with Gasteiger partial charge in [0.15, 0.2) is 5.65 Å². The molecule has 1 N–H and O–H groups in total. The van der Waals surface area contributed by atoms with Gasteiger partial charge in [0.25, 0.3) is 0 Å². The number of ether oxygens (including phenoxy) is 1. The molecule has 1 aliphatic rings. The van der Waals surface area contributed by atoms with Crippen LogP contribution in [0.1, 0.15) is 52.1 Å². The molecule has 0 radical (unpaired) electrons. The van der Waals surface area contributed by atoms with Crippen LogP contribution in [-0.4, -0.2) is 60.6 Å². The zero-order valence-corrected chi connectivity index (χ0v) is 18.9. The minimum atomic E-state index is -0.504. The van der Waals surface area contributed by atoms with Gasteiger partial charge in [-0.25, -0.2) is 9.78 Å². The van der Waals surface area contributed by atoms with Crippen molar-refractivity contribution in [1.29, 1.82) is 0 Å². The number of carbonyl (C=O) groups excluding carboxylic acids is 1. The van der Waals surface area contributed by atoms with Crippen molar-refractivity contribution in [2.24, 2.45) is 7.05 Å². The summed E-state index contributed by atoms with van der Waals surface area (Å²) < 4.78 is 9.20. The minimum Gasteiger partial charge on any atom is -0.444 e. The van der Waals surface area contributed by atoms with Crippen molar-refractivity contribution in [3.05, 3.63) is 30.4 Å². The van der Waals surface area contributed by atoms with E-state index >= 15 is 0 Å². The Morgan fingerprint density at radius 3 is 2.77 bits per heavy atom. The van der Waals surface area contributed by atoms with Crippen LogP contribution in [0.15, 0.2) is 24.7 Å². The quantitative estimate of drug-likeness (QED) is 0.686. The van der Waals surface area contributed by atoms with Gasteiger partial charge in [0.2, 0.25) is 0 Å². The fraction of sp³-hybridized carbons (Fsp3) is 0.545. The number of fused-ring (bicyclic) bond motifs is 1. The average Bonchev–Trinajstić information content (AvgIpc) is 3.33. The lowest BCUT2D eigenvalue weighted by atomic mass is 9.94. The molecule has 0 bridgehead atoms. The number of hydrogen-bond acceptors (Lipinski definition) is 6. The summed E-state index contributed by atoms with van der Waals surface area (Å²) in [6.45, 7) is 9.82. The van der Waals surface area contributed by atoms with Crippen LogP contribution in [0, 0.1) is 0 Å². The molecular weight excluding hydrogens is 394 g/mol. The summed E-state index contributed by atoms with van der Waals surface area (Å²) in [7, 11) is 1.89. The van der Waals surface area contributed by atoms with Crippen LogP contribution < -0.4 is 5.32 Å². The van der Waals surface area contributed by atoms with Crippen LogP contribution in [-0.2, 0) is 11.8 Å². The number of nitrogens with one attached hydrogen (secondary N) is 1. The topological polar surface area (TPSA) is 89.6 Å². The third-order valence-corrected chi connectivity index (χ3v) is 5.36. The van der Waals surface area contributed by atoms with E-state index in [1.54, 1.807) is 9.58 Å². The predicted molar refractivity (Wildman–Crippen MR) is 119 cm³/mol. The number of aromatic nitrogens is 5. The summed E-state index contributed by atoms with van der Waals surface area (Å²) in [5, 5.41) is 12.2. The van der Waals surface area contributed by atoms with E-state index in [-0.39, 0.29) is 12.0 Å². The lowest BCUT2D eigenvalue weighted by molar-refractivity contribution is 0.0197. The number of rotatable bonds is 4. The van der Waals surface area contributed by atoms with Crippen molar-refractivity contribution in [1.82, 2.24) is 29.3 Å². The normalized spacial score (nSPS) is 17.2. The van der Waals surface area contributed by atoms with Crippen molar-refractivity contribution in [2.45, 2.75) is 52.1 Å². The van der Waals surface area contributed by atoms with Gasteiger partial charge >= 0.3 is 6.09 Å². The van der Waals surface area contributed by atoms with Gasteiger partial charge in [0, 0.05) is 56.0 Å². The molecule has 1 saturated heterocycles. The number of nitrogens with zero attached hydrogens (tertiary/aromatic N) is 6. The Balaban J connectivity index is 1.69. The van der Waals surface area contributed by atoms with Gasteiger partial charge in [-0.1, -0.05) is 0 Å². The maximum absolute atomic E-state index is 12.6. The molecule has 3 aromatic heterocycles. The zero-order valence-electron chi connectivity index (χ0n) is 18.9. The van der Waals surface area contributed by atoms with E-state index < -0.39 is 5.60 Å². The molecular formula is C22H31N7O2. The molecule has 4 heterocycles. The van der Waals surface area contributed by atoms with Crippen LogP contribution in [0.2, 0.25) is 0 Å². The first kappa shape index (κ1) is 21.1. The van der Waals surface area contributed by atoms with Crippen molar-refractivity contribution in [3.63, 3.8) is 0 Å². The Kier molecular flexibility index (Phi) is 5.60. The first-order chi connectivity index (χ1) is 14.7. The lowest BCUT2D eigenvalue weighted by Crippen LogP contribution is -2.42. The molecule has 1 unspecified atom stereocenters. The van der Waals surface area contributed by atoms with Gasteiger partial charge in [0.05, 0.1) is 18.1 Å². The number of hydrogen-bond donors (Lipinski definition) is 1. The molecule has 31 heavy (non-hydrogen) atoms. The number of piperidine rings is 1. The molecule has 1 amide bonds. The first-order valence-electron chi connectivity index (χ1n) is 10.8. The molecule has 0 spiro atoms. The number of likely N-dealkylation sites (tertiary alicyclic amines) is 1. The Morgan fingerprint density at radius 1 is 1.29 bits per heavy atom. The van der Waals surface area contributed by atoms with Gasteiger partial charge in [-0.05, 0) is 40.5 Å². The zero-order chi connectivity index (χ0) is 22.2. The molecule has 1 atom stereocenters. The third-order valence-electron chi connectivity index (χ3n) is 5.36. The van der Waals surface area contributed by atoms with Crippen LogP contribution in [0.5, 0.6) is 0 Å². The highest BCUT2D eigenvalue weighted by atomic mass is 16.6. The van der Waals surface area contributed by atoms with Crippen LogP contribution >= 0.6 is 0 Å². The fourth-order valence-electron chi connectivity index (χ4n) is 3.97. The van der Waals surface area contributed by atoms with Gasteiger partial charge in [0.1, 0.15) is 11.4 Å². The van der Waals surface area contributed by atoms with E-state index in [4.69, 9.17) is 9.72 Å². The largest absolute Gasteiger partial charge is 0.444 e. The maximum Gasteiger partial charge on any atom is 0.410 e. The second-order valence-electron chi connectivity index (χ2n) is 9.06. The second kappa shape index (κ2) is 8.20. The van der Waals surface area contributed by atoms with Gasteiger partial charge < -0.3 is 15.0 Å². The molecule has 0 saturated carbocycles. The van der Waals surface area contributed by atoms with Gasteiger partial charge in [-0.15, -0.1) is 0 Å². The number of amides is 1. The minimum absolute atomic E-state index is 0.139. The van der Waals surface area contributed by atoms with E-state index in [1.165, 1.54) is 0 Å². The van der Waals surface area contributed by atoms with Crippen molar-refractivity contribution in [3.8, 4) is 11.1 Å². The average molecular weight is 426 g/mol. The Morgan fingerprint density at radius 2 is 2.10 bits per heavy atom. The Labute approximate surface area is 182 Å². The predicted octanol–water partition coefficient (Wildman–Crippen LogP) is 3.68. The molecule has 0 aromatic carbocycles. The first-order valence-corrected chi connectivity index (χ1v) is 10.8. The lowest BCUT2D eigenvalue weighted by Gasteiger charge is -2.34. The van der Waals surface area contributed by atoms with Crippen LogP contribution in [0.3, 0.4) is 0 Å². The molecule has 9 heteroatoms. The summed E-state index contributed by atoms with van der Waals surface area (Å²) in [4.78, 5) is 19.4. The van der Waals surface area contributed by atoms with E-state index in [2.05, 4.69) is 28.5 Å². The Bertz CT molecular complexity index is 1080. The molecule has 166 valence electrons. The van der Waals surface area contributed by atoms with Crippen molar-refractivity contribution < 1.29 is 9.53 Å². The molecule has 9 nitrogen and oxygen atoms in total. The highest BCUT2D eigenvalue weighted by molar-refractivity contribution is 5.77. The summed E-state index contributed by atoms with van der Waals surface area (Å²) in [6.07, 6.45) is 7.25. The van der Waals surface area contributed by atoms with Crippen LogP contribution in [0.25, 0.3) is 16.8 Å². The molecule has 1 aliphatic heterocycles. The van der Waals surface area contributed by atoms with E-state index in [1.807, 2.05) is 50.9 Å². The second-order valence-corrected chi connectivity index (χ2v) is 9.06. The highest BCUT2D eigenvalue weighted by Crippen LogP contribution is 2.31. The smallest absolute Gasteiger partial charge is 0.410 e. The molecule has 4 rings (SSSR count). The molecule has 1 fully saturated rings. The highest BCUT2D eigenvalue weighted by Gasteiger charge is 2.30. The monoisotopic (exact) mass is 425 g/mol. The summed E-state index contributed by atoms with van der Waals surface area (Å²) in [5.74, 6) is 1.03. The summed E-state index contributed by atoms with van der Waals surface area (Å²) in [6, 6.07) is 2.06. The molecule has 3 aromatic rings. The number of aryl methyl sites for hydroxylation is 1. The number of anilines is 1. The standard InChI is InChI=1S/C22H31N7O2/c1-6-23-19-10-18(15-8-7-9-28(14-15)21(30)31-22(2,3)4)26-20-17(12-25-29(19)20)16-11-24-27(5)13-16/h10-13,15,23H,6-9,14H2,1-5H3. The maximum atomic E-state index is 12.6. The van der Waals surface area contributed by atoms with Crippen molar-refractivity contribution in [2.75, 3.05) is 25.0 Å². The van der Waals surface area contributed by atoms with Crippen molar-refractivity contribution >= 4 is 17.6 Å². The number of carbonyl (C=O) groups is 1. The van der Waals surface area contributed by atoms with Gasteiger partial charge in [-0.2, -0.15) is 14.7 Å². The molecule has 0 aliphatic carbocycles.